The van der Waals surface area contributed by atoms with Crippen LogP contribution < -0.4 is 10.5 Å². The maximum Gasteiger partial charge on any atom is 0.295 e. The van der Waals surface area contributed by atoms with Crippen molar-refractivity contribution in [1.82, 2.24) is 14.6 Å². The number of thiazole rings is 1. The molecule has 3 heterocycles. The molecule has 0 saturated carbocycles. The van der Waals surface area contributed by atoms with E-state index in [1.807, 2.05) is 0 Å². The monoisotopic (exact) mass is 380 g/mol. The predicted octanol–water partition coefficient (Wildman–Crippen LogP) is 2.57. The van der Waals surface area contributed by atoms with Gasteiger partial charge in [0.2, 0.25) is 4.96 Å². The second-order valence-electron chi connectivity index (χ2n) is 5.02. The molecule has 3 aromatic rings. The second-order valence-corrected chi connectivity index (χ2v) is 6.81. The van der Waals surface area contributed by atoms with Gasteiger partial charge in [-0.05, 0) is 25.1 Å². The molecular formula is C14H6Cl2N4O3S. The van der Waals surface area contributed by atoms with Crippen molar-refractivity contribution in [3.05, 3.63) is 54.9 Å². The Labute approximate surface area is 148 Å². The summed E-state index contributed by atoms with van der Waals surface area (Å²) in [5.74, 6) is -1.08. The first-order valence-electron chi connectivity index (χ1n) is 6.63. The van der Waals surface area contributed by atoms with Crippen molar-refractivity contribution in [1.29, 1.82) is 0 Å². The molecule has 4 rings (SSSR count). The maximum absolute atomic E-state index is 12.7. The van der Waals surface area contributed by atoms with E-state index in [1.165, 1.54) is 29.6 Å². The van der Waals surface area contributed by atoms with Crippen LogP contribution in [0.3, 0.4) is 0 Å². The number of benzene rings is 1. The lowest BCUT2D eigenvalue weighted by Crippen LogP contribution is -2.30. The molecule has 0 N–H and O–H groups in total. The van der Waals surface area contributed by atoms with Gasteiger partial charge < -0.3 is 0 Å². The largest absolute Gasteiger partial charge is 0.295 e. The highest BCUT2D eigenvalue weighted by molar-refractivity contribution is 7.19. The van der Waals surface area contributed by atoms with Crippen LogP contribution in [0.15, 0.2) is 23.0 Å². The summed E-state index contributed by atoms with van der Waals surface area (Å²) in [6, 6.07) is 4.47. The standard InChI is InChI=1S/C14H6Cl2N4O3S/c1-5-11(21)17-14-20(18-5)9-10(24-14)13(23)19(12(9)22)6-2-3-7(15)8(16)4-6/h2-4H,1H3. The Bertz CT molecular complexity index is 1120. The number of rotatable bonds is 1. The Kier molecular flexibility index (Phi) is 3.24. The van der Waals surface area contributed by atoms with Gasteiger partial charge in [-0.2, -0.15) is 14.6 Å². The summed E-state index contributed by atoms with van der Waals surface area (Å²) in [4.78, 5) is 42.2. The predicted molar refractivity (Wildman–Crippen MR) is 89.5 cm³/mol. The number of carbonyl (C=O) groups excluding carboxylic acids is 2. The zero-order chi connectivity index (χ0) is 17.2. The highest BCUT2D eigenvalue weighted by Crippen LogP contribution is 2.35. The van der Waals surface area contributed by atoms with E-state index >= 15 is 0 Å². The van der Waals surface area contributed by atoms with Crippen LogP contribution in [-0.2, 0) is 0 Å². The van der Waals surface area contributed by atoms with E-state index in [4.69, 9.17) is 23.2 Å². The number of fused-ring (bicyclic) bond motifs is 3. The number of nitrogens with zero attached hydrogens (tertiary/aromatic N) is 4. The number of halogens is 2. The summed E-state index contributed by atoms with van der Waals surface area (Å²) in [7, 11) is 0. The Hall–Kier alpha value is -2.29. The van der Waals surface area contributed by atoms with Crippen molar-refractivity contribution < 1.29 is 9.59 Å². The minimum absolute atomic E-state index is 0.0849. The first-order chi connectivity index (χ1) is 11.4. The minimum Gasteiger partial charge on any atom is -0.267 e. The van der Waals surface area contributed by atoms with E-state index < -0.39 is 17.4 Å². The van der Waals surface area contributed by atoms with Crippen molar-refractivity contribution in [3.63, 3.8) is 0 Å². The van der Waals surface area contributed by atoms with Gasteiger partial charge in [0, 0.05) is 0 Å². The molecule has 0 aliphatic carbocycles. The molecule has 24 heavy (non-hydrogen) atoms. The van der Waals surface area contributed by atoms with Crippen molar-refractivity contribution in [3.8, 4) is 0 Å². The molecule has 0 atom stereocenters. The van der Waals surface area contributed by atoms with Crippen molar-refractivity contribution in [2.24, 2.45) is 0 Å². The number of hydrogen-bond acceptors (Lipinski definition) is 6. The van der Waals surface area contributed by atoms with E-state index in [0.29, 0.717) is 10.7 Å². The molecule has 7 nitrogen and oxygen atoms in total. The van der Waals surface area contributed by atoms with Gasteiger partial charge in [-0.3, -0.25) is 14.4 Å². The second kappa shape index (κ2) is 5.10. The Morgan fingerprint density at radius 3 is 2.54 bits per heavy atom. The lowest BCUT2D eigenvalue weighted by Gasteiger charge is -2.14. The van der Waals surface area contributed by atoms with Gasteiger partial charge in [0.25, 0.3) is 17.4 Å². The van der Waals surface area contributed by atoms with Gasteiger partial charge >= 0.3 is 0 Å². The van der Waals surface area contributed by atoms with Gasteiger partial charge in [-0.25, -0.2) is 4.90 Å². The molecule has 1 aromatic carbocycles. The fraction of sp³-hybridized carbons (Fsp3) is 0.0714. The van der Waals surface area contributed by atoms with E-state index in [1.54, 1.807) is 0 Å². The molecule has 0 saturated heterocycles. The summed E-state index contributed by atoms with van der Waals surface area (Å²) in [5.41, 5.74) is 0.0424. The first kappa shape index (κ1) is 15.3. The number of imide groups is 1. The normalized spacial score (nSPS) is 13.9. The van der Waals surface area contributed by atoms with Crippen LogP contribution in [0.1, 0.15) is 25.9 Å². The molecule has 2 amide bonds. The van der Waals surface area contributed by atoms with E-state index in [2.05, 4.69) is 10.1 Å². The molecule has 2 aromatic heterocycles. The quantitative estimate of drug-likeness (QED) is 0.605. The van der Waals surface area contributed by atoms with Crippen LogP contribution in [0.2, 0.25) is 10.0 Å². The minimum atomic E-state index is -0.558. The Morgan fingerprint density at radius 1 is 1.08 bits per heavy atom. The fourth-order valence-electron chi connectivity index (χ4n) is 2.39. The summed E-state index contributed by atoms with van der Waals surface area (Å²) in [6.45, 7) is 1.49. The third kappa shape index (κ3) is 2.00. The van der Waals surface area contributed by atoms with Gasteiger partial charge in [0.1, 0.15) is 10.6 Å². The molecule has 0 spiro atoms. The SMILES string of the molecule is Cc1nn2c3c(sc2nc1=O)C(=O)N(c1ccc(Cl)c(Cl)c1)C3=O. The molecule has 0 bridgehead atoms. The highest BCUT2D eigenvalue weighted by Gasteiger charge is 2.41. The van der Waals surface area contributed by atoms with Crippen LogP contribution in [0.25, 0.3) is 4.96 Å². The zero-order valence-electron chi connectivity index (χ0n) is 11.9. The van der Waals surface area contributed by atoms with Crippen LogP contribution in [0.5, 0.6) is 0 Å². The molecule has 120 valence electrons. The Balaban J connectivity index is 1.91. The zero-order valence-corrected chi connectivity index (χ0v) is 14.2. The maximum atomic E-state index is 12.7. The van der Waals surface area contributed by atoms with Gasteiger partial charge in [0.15, 0.2) is 5.69 Å². The lowest BCUT2D eigenvalue weighted by molar-refractivity contribution is 0.0924. The molecular weight excluding hydrogens is 375 g/mol. The van der Waals surface area contributed by atoms with Gasteiger partial charge in [-0.15, -0.1) is 0 Å². The van der Waals surface area contributed by atoms with Crippen LogP contribution in [0.4, 0.5) is 5.69 Å². The van der Waals surface area contributed by atoms with Gasteiger partial charge in [0.05, 0.1) is 15.7 Å². The smallest absolute Gasteiger partial charge is 0.267 e. The average Bonchev–Trinajstić information content (AvgIpc) is 3.00. The topological polar surface area (TPSA) is 84.6 Å². The van der Waals surface area contributed by atoms with Crippen LogP contribution >= 0.6 is 34.5 Å². The number of aromatic nitrogens is 3. The Morgan fingerprint density at radius 2 is 1.83 bits per heavy atom. The summed E-state index contributed by atoms with van der Waals surface area (Å²) in [5, 5.41) is 4.61. The molecule has 1 aliphatic heterocycles. The number of hydrogen-bond donors (Lipinski definition) is 0. The van der Waals surface area contributed by atoms with E-state index in [9.17, 15) is 14.4 Å². The molecule has 10 heteroatoms. The molecule has 1 aliphatic rings. The van der Waals surface area contributed by atoms with E-state index in [0.717, 1.165) is 16.2 Å². The fourth-order valence-corrected chi connectivity index (χ4v) is 3.66. The summed E-state index contributed by atoms with van der Waals surface area (Å²) >= 11 is 12.8. The van der Waals surface area contributed by atoms with Crippen molar-refractivity contribution >= 4 is 57.0 Å². The summed E-state index contributed by atoms with van der Waals surface area (Å²) < 4.78 is 1.23. The lowest BCUT2D eigenvalue weighted by atomic mass is 10.3. The number of anilines is 1. The first-order valence-corrected chi connectivity index (χ1v) is 8.20. The number of aryl methyl sites for hydroxylation is 1. The summed E-state index contributed by atoms with van der Waals surface area (Å²) in [6.07, 6.45) is 0. The third-order valence-electron chi connectivity index (χ3n) is 3.52. The molecule has 0 fully saturated rings. The highest BCUT2D eigenvalue weighted by atomic mass is 35.5. The molecule has 0 unspecified atom stereocenters. The average molecular weight is 381 g/mol. The van der Waals surface area contributed by atoms with Crippen molar-refractivity contribution in [2.75, 3.05) is 4.90 Å². The van der Waals surface area contributed by atoms with Crippen LogP contribution in [0, 0.1) is 6.92 Å². The number of carbonyl (C=O) groups is 2. The third-order valence-corrected chi connectivity index (χ3v) is 5.28. The van der Waals surface area contributed by atoms with E-state index in [-0.39, 0.29) is 26.2 Å². The molecule has 0 radical (unpaired) electrons. The number of amides is 2. The van der Waals surface area contributed by atoms with Crippen LogP contribution in [-0.4, -0.2) is 26.4 Å². The van der Waals surface area contributed by atoms with Gasteiger partial charge in [-0.1, -0.05) is 34.5 Å². The van der Waals surface area contributed by atoms with Crippen molar-refractivity contribution in [2.45, 2.75) is 6.92 Å².